The molecule has 0 radical (unpaired) electrons. The monoisotopic (exact) mass is 269 g/mol. The van der Waals surface area contributed by atoms with Crippen LogP contribution in [0.25, 0.3) is 0 Å². The van der Waals surface area contributed by atoms with Crippen molar-refractivity contribution in [2.24, 2.45) is 11.1 Å². The van der Waals surface area contributed by atoms with E-state index in [1.807, 2.05) is 0 Å². The molecule has 0 bridgehead atoms. The van der Waals surface area contributed by atoms with E-state index in [-0.39, 0.29) is 22.8 Å². The lowest BCUT2D eigenvalue weighted by molar-refractivity contribution is 0.0943. The van der Waals surface area contributed by atoms with Crippen molar-refractivity contribution < 1.29 is 9.13 Å². The summed E-state index contributed by atoms with van der Waals surface area (Å²) in [5.74, 6) is -0.286. The van der Waals surface area contributed by atoms with Crippen molar-refractivity contribution in [3.05, 3.63) is 35.1 Å². The second kappa shape index (κ2) is 6.25. The molecule has 1 aromatic carbocycles. The van der Waals surface area contributed by atoms with Crippen LogP contribution in [0, 0.1) is 11.2 Å². The molecule has 0 saturated heterocycles. The van der Waals surface area contributed by atoms with E-state index in [1.165, 1.54) is 6.07 Å². The fraction of sp³-hybridized carbons (Fsp3) is 0.500. The van der Waals surface area contributed by atoms with Crippen molar-refractivity contribution in [1.29, 1.82) is 0 Å². The molecule has 1 aromatic rings. The smallest absolute Gasteiger partial charge is 0.128 e. The van der Waals surface area contributed by atoms with Gasteiger partial charge in [0.1, 0.15) is 10.8 Å². The molecule has 0 aliphatic rings. The summed E-state index contributed by atoms with van der Waals surface area (Å²) in [5, 5.41) is 0. The Hall–Kier alpha value is -1.00. The van der Waals surface area contributed by atoms with Gasteiger partial charge in [0, 0.05) is 17.7 Å². The number of halogens is 1. The lowest BCUT2D eigenvalue weighted by Gasteiger charge is -2.17. The molecule has 0 aromatic heterocycles. The number of nitrogens with two attached hydrogens (primary N) is 1. The summed E-state index contributed by atoms with van der Waals surface area (Å²) >= 11 is 4.86. The summed E-state index contributed by atoms with van der Waals surface area (Å²) in [4.78, 5) is 0.269. The molecule has 100 valence electrons. The average Bonchev–Trinajstić information content (AvgIpc) is 2.24. The van der Waals surface area contributed by atoms with Crippen molar-refractivity contribution in [3.63, 3.8) is 0 Å². The zero-order valence-electron chi connectivity index (χ0n) is 11.1. The quantitative estimate of drug-likeness (QED) is 0.657. The third-order valence-electron chi connectivity index (χ3n) is 2.58. The first-order valence-corrected chi connectivity index (χ1v) is 6.36. The molecule has 0 spiro atoms. The molecule has 0 amide bonds. The third-order valence-corrected chi connectivity index (χ3v) is 2.82. The minimum Gasteiger partial charge on any atom is -0.389 e. The summed E-state index contributed by atoms with van der Waals surface area (Å²) in [7, 11) is 0. The minimum absolute atomic E-state index is 0.221. The fourth-order valence-electron chi connectivity index (χ4n) is 1.40. The Morgan fingerprint density at radius 1 is 1.39 bits per heavy atom. The van der Waals surface area contributed by atoms with Crippen LogP contribution in [-0.2, 0) is 11.3 Å². The van der Waals surface area contributed by atoms with E-state index in [1.54, 1.807) is 12.1 Å². The third kappa shape index (κ3) is 5.10. The van der Waals surface area contributed by atoms with Crippen LogP contribution in [0.3, 0.4) is 0 Å². The van der Waals surface area contributed by atoms with Crippen LogP contribution in [0.2, 0.25) is 0 Å². The molecule has 2 N–H and O–H groups in total. The van der Waals surface area contributed by atoms with Crippen molar-refractivity contribution in [3.8, 4) is 0 Å². The molecule has 0 aliphatic carbocycles. The van der Waals surface area contributed by atoms with E-state index in [9.17, 15) is 4.39 Å². The zero-order valence-corrected chi connectivity index (χ0v) is 11.9. The molecular weight excluding hydrogens is 249 g/mol. The molecule has 0 fully saturated rings. The Balaban J connectivity index is 2.56. The van der Waals surface area contributed by atoms with Crippen LogP contribution in [0.15, 0.2) is 18.2 Å². The highest BCUT2D eigenvalue weighted by Crippen LogP contribution is 2.19. The van der Waals surface area contributed by atoms with E-state index in [0.717, 1.165) is 6.42 Å². The molecule has 0 heterocycles. The standard InChI is InChI=1S/C14H20FNOS/c1-14(2,3)6-7-17-9-11-8-10(13(16)18)4-5-12(11)15/h4-5,8H,6-7,9H2,1-3H3,(H2,16,18). The van der Waals surface area contributed by atoms with Crippen LogP contribution in [0.4, 0.5) is 4.39 Å². The normalized spacial score (nSPS) is 11.6. The fourth-order valence-corrected chi connectivity index (χ4v) is 1.53. The number of rotatable bonds is 5. The highest BCUT2D eigenvalue weighted by Gasteiger charge is 2.10. The van der Waals surface area contributed by atoms with Gasteiger partial charge in [0.25, 0.3) is 0 Å². The second-order valence-corrected chi connectivity index (χ2v) is 5.97. The van der Waals surface area contributed by atoms with Crippen molar-refractivity contribution in [2.75, 3.05) is 6.61 Å². The van der Waals surface area contributed by atoms with Gasteiger partial charge >= 0.3 is 0 Å². The molecule has 0 saturated carbocycles. The second-order valence-electron chi connectivity index (χ2n) is 5.53. The first kappa shape index (κ1) is 15.1. The highest BCUT2D eigenvalue weighted by molar-refractivity contribution is 7.80. The number of hydrogen-bond donors (Lipinski definition) is 1. The molecule has 18 heavy (non-hydrogen) atoms. The van der Waals surface area contributed by atoms with E-state index in [0.29, 0.717) is 17.7 Å². The molecule has 0 atom stereocenters. The van der Waals surface area contributed by atoms with Gasteiger partial charge in [-0.1, -0.05) is 33.0 Å². The summed E-state index contributed by atoms with van der Waals surface area (Å²) in [6, 6.07) is 4.60. The first-order valence-electron chi connectivity index (χ1n) is 5.95. The lowest BCUT2D eigenvalue weighted by atomic mass is 9.93. The summed E-state index contributed by atoms with van der Waals surface area (Å²) in [6.07, 6.45) is 0.934. The molecule has 1 rings (SSSR count). The van der Waals surface area contributed by atoms with E-state index in [2.05, 4.69) is 20.8 Å². The Morgan fingerprint density at radius 3 is 2.61 bits per heavy atom. The zero-order chi connectivity index (χ0) is 13.8. The van der Waals surface area contributed by atoms with Crippen LogP contribution in [-0.4, -0.2) is 11.6 Å². The van der Waals surface area contributed by atoms with Gasteiger partial charge in [0.2, 0.25) is 0 Å². The summed E-state index contributed by atoms with van der Waals surface area (Å²) in [6.45, 7) is 7.29. The maximum Gasteiger partial charge on any atom is 0.128 e. The van der Waals surface area contributed by atoms with Crippen molar-refractivity contribution in [2.45, 2.75) is 33.8 Å². The number of ether oxygens (including phenoxy) is 1. The maximum atomic E-state index is 13.5. The van der Waals surface area contributed by atoms with Gasteiger partial charge in [0.05, 0.1) is 6.61 Å². The van der Waals surface area contributed by atoms with Gasteiger partial charge in [-0.05, 0) is 30.0 Å². The molecule has 0 unspecified atom stereocenters. The predicted molar refractivity (Wildman–Crippen MR) is 76.0 cm³/mol. The molecule has 0 aliphatic heterocycles. The van der Waals surface area contributed by atoms with E-state index in [4.69, 9.17) is 22.7 Å². The maximum absolute atomic E-state index is 13.5. The Labute approximate surface area is 113 Å². The van der Waals surface area contributed by atoms with Gasteiger partial charge in [-0.15, -0.1) is 0 Å². The highest BCUT2D eigenvalue weighted by atomic mass is 32.1. The Kier molecular flexibility index (Phi) is 5.23. The topological polar surface area (TPSA) is 35.2 Å². The predicted octanol–water partition coefficient (Wildman–Crippen LogP) is 3.41. The van der Waals surface area contributed by atoms with Crippen LogP contribution in [0.1, 0.15) is 38.3 Å². The molecular formula is C14H20FNOS. The largest absolute Gasteiger partial charge is 0.389 e. The van der Waals surface area contributed by atoms with Crippen molar-refractivity contribution in [1.82, 2.24) is 0 Å². The molecule has 4 heteroatoms. The Bertz CT molecular complexity index is 426. The van der Waals surface area contributed by atoms with E-state index >= 15 is 0 Å². The van der Waals surface area contributed by atoms with Crippen LogP contribution < -0.4 is 5.73 Å². The van der Waals surface area contributed by atoms with Gasteiger partial charge in [-0.3, -0.25) is 0 Å². The first-order chi connectivity index (χ1) is 8.29. The van der Waals surface area contributed by atoms with Crippen LogP contribution in [0.5, 0.6) is 0 Å². The van der Waals surface area contributed by atoms with Crippen LogP contribution >= 0.6 is 12.2 Å². The minimum atomic E-state index is -0.286. The van der Waals surface area contributed by atoms with Gasteiger partial charge in [-0.2, -0.15) is 0 Å². The summed E-state index contributed by atoms with van der Waals surface area (Å²) in [5.41, 5.74) is 6.90. The molecule has 2 nitrogen and oxygen atoms in total. The number of thiocarbonyl (C=S) groups is 1. The van der Waals surface area contributed by atoms with Gasteiger partial charge in [0.15, 0.2) is 0 Å². The van der Waals surface area contributed by atoms with Gasteiger partial charge in [-0.25, -0.2) is 4.39 Å². The van der Waals surface area contributed by atoms with E-state index < -0.39 is 0 Å². The Morgan fingerprint density at radius 2 is 2.06 bits per heavy atom. The van der Waals surface area contributed by atoms with Gasteiger partial charge < -0.3 is 10.5 Å². The SMILES string of the molecule is CC(C)(C)CCOCc1cc(C(N)=S)ccc1F. The van der Waals surface area contributed by atoms with Crippen molar-refractivity contribution >= 4 is 17.2 Å². The lowest BCUT2D eigenvalue weighted by Crippen LogP contribution is -2.12. The summed E-state index contributed by atoms with van der Waals surface area (Å²) < 4.78 is 19.0. The number of hydrogen-bond acceptors (Lipinski definition) is 2. The number of benzene rings is 1. The average molecular weight is 269 g/mol.